The van der Waals surface area contributed by atoms with Crippen LogP contribution in [0.4, 0.5) is 4.79 Å². The highest BCUT2D eigenvalue weighted by Gasteiger charge is 2.18. The number of thioether (sulfide) groups is 1. The third-order valence-electron chi connectivity index (χ3n) is 4.95. The van der Waals surface area contributed by atoms with Gasteiger partial charge in [-0.3, -0.25) is 10.1 Å². The fourth-order valence-corrected chi connectivity index (χ4v) is 5.35. The number of aromatic nitrogens is 2. The Hall–Kier alpha value is -2.45. The first kappa shape index (κ1) is 19.8. The van der Waals surface area contributed by atoms with Crippen LogP contribution in [0.5, 0.6) is 0 Å². The number of urea groups is 1. The number of carbonyl (C=O) groups is 2. The SMILES string of the molecule is O=C(CSc1ncnc2scc(-c3ccccc3)c12)NC(=O)NC1CCCCC1. The zero-order chi connectivity index (χ0) is 20.1. The van der Waals surface area contributed by atoms with E-state index in [0.717, 1.165) is 52.1 Å². The minimum absolute atomic E-state index is 0.119. The molecule has 0 spiro atoms. The van der Waals surface area contributed by atoms with Gasteiger partial charge in [-0.25, -0.2) is 14.8 Å². The number of hydrogen-bond donors (Lipinski definition) is 2. The molecule has 0 saturated heterocycles. The summed E-state index contributed by atoms with van der Waals surface area (Å²) in [5.74, 6) is -0.208. The Morgan fingerprint density at radius 2 is 1.90 bits per heavy atom. The molecule has 2 heterocycles. The minimum Gasteiger partial charge on any atom is -0.335 e. The molecule has 2 aromatic heterocycles. The van der Waals surface area contributed by atoms with E-state index in [0.29, 0.717) is 0 Å². The lowest BCUT2D eigenvalue weighted by Crippen LogP contribution is -2.45. The van der Waals surface area contributed by atoms with Crippen LogP contribution >= 0.6 is 23.1 Å². The first-order valence-corrected chi connectivity index (χ1v) is 11.6. The van der Waals surface area contributed by atoms with Crippen LogP contribution in [-0.2, 0) is 4.79 Å². The number of hydrogen-bond acceptors (Lipinski definition) is 6. The second-order valence-electron chi connectivity index (χ2n) is 7.02. The molecule has 29 heavy (non-hydrogen) atoms. The van der Waals surface area contributed by atoms with E-state index in [1.54, 1.807) is 11.3 Å². The quantitative estimate of drug-likeness (QED) is 0.460. The van der Waals surface area contributed by atoms with Crippen molar-refractivity contribution in [1.82, 2.24) is 20.6 Å². The van der Waals surface area contributed by atoms with Crippen molar-refractivity contribution in [3.8, 4) is 11.1 Å². The average molecular weight is 427 g/mol. The van der Waals surface area contributed by atoms with Gasteiger partial charge in [-0.2, -0.15) is 0 Å². The summed E-state index contributed by atoms with van der Waals surface area (Å²) in [5.41, 5.74) is 2.15. The van der Waals surface area contributed by atoms with Gasteiger partial charge in [0, 0.05) is 17.0 Å². The molecule has 8 heteroatoms. The summed E-state index contributed by atoms with van der Waals surface area (Å²) in [7, 11) is 0. The second kappa shape index (κ2) is 9.37. The Labute approximate surface area is 177 Å². The molecule has 0 unspecified atom stereocenters. The van der Waals surface area contributed by atoms with E-state index in [1.807, 2.05) is 30.3 Å². The van der Waals surface area contributed by atoms with E-state index >= 15 is 0 Å². The van der Waals surface area contributed by atoms with E-state index in [-0.39, 0.29) is 17.7 Å². The first-order chi connectivity index (χ1) is 14.2. The van der Waals surface area contributed by atoms with Crippen molar-refractivity contribution in [3.63, 3.8) is 0 Å². The van der Waals surface area contributed by atoms with Gasteiger partial charge in [0.15, 0.2) is 0 Å². The molecule has 0 radical (unpaired) electrons. The third-order valence-corrected chi connectivity index (χ3v) is 6.83. The molecule has 1 fully saturated rings. The summed E-state index contributed by atoms with van der Waals surface area (Å²) in [5, 5.41) is 9.10. The Bertz CT molecular complexity index is 1000. The van der Waals surface area contributed by atoms with Crippen molar-refractivity contribution >= 4 is 45.3 Å². The Kier molecular flexibility index (Phi) is 6.41. The molecule has 150 valence electrons. The third kappa shape index (κ3) is 4.94. The topological polar surface area (TPSA) is 84.0 Å². The maximum atomic E-state index is 12.3. The molecule has 6 nitrogen and oxygen atoms in total. The maximum Gasteiger partial charge on any atom is 0.321 e. The molecule has 0 atom stereocenters. The number of nitrogens with one attached hydrogen (secondary N) is 2. The lowest BCUT2D eigenvalue weighted by molar-refractivity contribution is -0.117. The first-order valence-electron chi connectivity index (χ1n) is 9.71. The number of carbonyl (C=O) groups excluding carboxylic acids is 2. The normalized spacial score (nSPS) is 14.6. The number of benzene rings is 1. The summed E-state index contributed by atoms with van der Waals surface area (Å²) in [6.07, 6.45) is 6.96. The lowest BCUT2D eigenvalue weighted by atomic mass is 9.96. The molecule has 2 N–H and O–H groups in total. The van der Waals surface area contributed by atoms with E-state index in [1.165, 1.54) is 24.5 Å². The highest BCUT2D eigenvalue weighted by atomic mass is 32.2. The van der Waals surface area contributed by atoms with Gasteiger partial charge in [0.1, 0.15) is 16.2 Å². The molecule has 3 aromatic rings. The molecule has 1 aliphatic rings. The maximum absolute atomic E-state index is 12.3. The molecular formula is C21H22N4O2S2. The van der Waals surface area contributed by atoms with E-state index < -0.39 is 6.03 Å². The largest absolute Gasteiger partial charge is 0.335 e. The average Bonchev–Trinajstić information content (AvgIpc) is 3.18. The van der Waals surface area contributed by atoms with Gasteiger partial charge in [-0.15, -0.1) is 11.3 Å². The van der Waals surface area contributed by atoms with Crippen molar-refractivity contribution in [1.29, 1.82) is 0 Å². The molecule has 0 aliphatic heterocycles. The highest BCUT2D eigenvalue weighted by Crippen LogP contribution is 2.37. The highest BCUT2D eigenvalue weighted by molar-refractivity contribution is 8.00. The van der Waals surface area contributed by atoms with Crippen molar-refractivity contribution in [3.05, 3.63) is 42.0 Å². The second-order valence-corrected chi connectivity index (χ2v) is 8.84. The molecule has 4 rings (SSSR count). The van der Waals surface area contributed by atoms with Crippen molar-refractivity contribution in [2.45, 2.75) is 43.2 Å². The van der Waals surface area contributed by atoms with Crippen LogP contribution in [-0.4, -0.2) is 33.7 Å². The molecular weight excluding hydrogens is 404 g/mol. The molecule has 1 aromatic carbocycles. The number of nitrogens with zero attached hydrogens (tertiary/aromatic N) is 2. The van der Waals surface area contributed by atoms with Crippen LogP contribution in [0.2, 0.25) is 0 Å². The van der Waals surface area contributed by atoms with Crippen LogP contribution in [0.3, 0.4) is 0 Å². The Balaban J connectivity index is 1.41. The van der Waals surface area contributed by atoms with Crippen LogP contribution in [0.15, 0.2) is 47.1 Å². The zero-order valence-corrected chi connectivity index (χ0v) is 17.5. The summed E-state index contributed by atoms with van der Waals surface area (Å²) in [6, 6.07) is 9.83. The smallest absolute Gasteiger partial charge is 0.321 e. The monoisotopic (exact) mass is 426 g/mol. The van der Waals surface area contributed by atoms with Gasteiger partial charge in [-0.05, 0) is 18.4 Å². The van der Waals surface area contributed by atoms with Crippen LogP contribution in [0.1, 0.15) is 32.1 Å². The summed E-state index contributed by atoms with van der Waals surface area (Å²) >= 11 is 2.88. The number of fused-ring (bicyclic) bond motifs is 1. The molecule has 1 saturated carbocycles. The minimum atomic E-state index is -0.407. The van der Waals surface area contributed by atoms with E-state index in [9.17, 15) is 9.59 Å². The van der Waals surface area contributed by atoms with Crippen LogP contribution in [0.25, 0.3) is 21.3 Å². The zero-order valence-electron chi connectivity index (χ0n) is 15.9. The van der Waals surface area contributed by atoms with Gasteiger partial charge in [0.2, 0.25) is 5.91 Å². The number of rotatable bonds is 5. The predicted molar refractivity (Wildman–Crippen MR) is 117 cm³/mol. The Morgan fingerprint density at radius 3 is 2.69 bits per heavy atom. The van der Waals surface area contributed by atoms with Crippen molar-refractivity contribution in [2.75, 3.05) is 5.75 Å². The summed E-state index contributed by atoms with van der Waals surface area (Å²) in [4.78, 5) is 34.0. The lowest BCUT2D eigenvalue weighted by Gasteiger charge is -2.22. The van der Waals surface area contributed by atoms with Gasteiger partial charge < -0.3 is 5.32 Å². The van der Waals surface area contributed by atoms with E-state index in [2.05, 4.69) is 26.0 Å². The number of thiophene rings is 1. The predicted octanol–water partition coefficient (Wildman–Crippen LogP) is 4.61. The van der Waals surface area contributed by atoms with E-state index in [4.69, 9.17) is 0 Å². The summed E-state index contributed by atoms with van der Waals surface area (Å²) < 4.78 is 0. The molecule has 3 amide bonds. The van der Waals surface area contributed by atoms with Gasteiger partial charge in [0.05, 0.1) is 11.1 Å². The van der Waals surface area contributed by atoms with Gasteiger partial charge in [-0.1, -0.05) is 61.4 Å². The fourth-order valence-electron chi connectivity index (χ4n) is 3.55. The van der Waals surface area contributed by atoms with Crippen molar-refractivity contribution in [2.24, 2.45) is 0 Å². The van der Waals surface area contributed by atoms with Gasteiger partial charge in [0.25, 0.3) is 0 Å². The Morgan fingerprint density at radius 1 is 1.10 bits per heavy atom. The van der Waals surface area contributed by atoms with Gasteiger partial charge >= 0.3 is 6.03 Å². The number of amides is 3. The van der Waals surface area contributed by atoms with Crippen molar-refractivity contribution < 1.29 is 9.59 Å². The fraction of sp³-hybridized carbons (Fsp3) is 0.333. The number of imide groups is 1. The van der Waals surface area contributed by atoms with Crippen LogP contribution in [0, 0.1) is 0 Å². The summed E-state index contributed by atoms with van der Waals surface area (Å²) in [6.45, 7) is 0. The van der Waals surface area contributed by atoms with Crippen LogP contribution < -0.4 is 10.6 Å². The molecule has 1 aliphatic carbocycles. The molecule has 0 bridgehead atoms. The standard InChI is InChI=1S/C21H22N4O2S2/c26-17(25-21(27)24-15-9-5-2-6-10-15)12-29-20-18-16(14-7-3-1-4-8-14)11-28-19(18)22-13-23-20/h1,3-4,7-8,11,13,15H,2,5-6,9-10,12H2,(H2,24,25,26,27).